The normalized spacial score (nSPS) is 13.8. The van der Waals surface area contributed by atoms with Crippen LogP contribution in [-0.2, 0) is 0 Å². The van der Waals surface area contributed by atoms with E-state index >= 15 is 0 Å². The molecule has 1 aromatic rings. The van der Waals surface area contributed by atoms with E-state index in [1.807, 2.05) is 0 Å². The Kier molecular flexibility index (Phi) is 4.69. The smallest absolute Gasteiger partial charge is 0.271 e. The molecule has 3 nitrogen and oxygen atoms in total. The fourth-order valence-electron chi connectivity index (χ4n) is 1.26. The maximum atomic E-state index is 12.1. The van der Waals surface area contributed by atoms with Gasteiger partial charge in [-0.05, 0) is 34.5 Å². The summed E-state index contributed by atoms with van der Waals surface area (Å²) in [5.74, 6) is 5.22. The van der Waals surface area contributed by atoms with Gasteiger partial charge in [-0.3, -0.25) is 16.3 Å². The molecule has 1 atom stereocenters. The first-order valence-electron chi connectivity index (χ1n) is 4.57. The highest BCUT2D eigenvalue weighted by Gasteiger charge is 2.29. The molecule has 0 saturated carbocycles. The number of nitrogens with two attached hydrogens (primary N) is 1. The van der Waals surface area contributed by atoms with Crippen LogP contribution in [0.2, 0.25) is 0 Å². The van der Waals surface area contributed by atoms with Crippen molar-refractivity contribution in [3.05, 3.63) is 28.5 Å². The average Bonchev–Trinajstić information content (AvgIpc) is 2.20. The van der Waals surface area contributed by atoms with E-state index in [2.05, 4.69) is 26.3 Å². The van der Waals surface area contributed by atoms with Crippen molar-refractivity contribution in [2.24, 2.45) is 5.84 Å². The number of rotatable bonds is 4. The van der Waals surface area contributed by atoms with E-state index < -0.39 is 18.6 Å². The third-order valence-electron chi connectivity index (χ3n) is 2.03. The monoisotopic (exact) mass is 297 g/mol. The van der Waals surface area contributed by atoms with E-state index in [0.717, 1.165) is 0 Å². The molecule has 1 heterocycles. The molecule has 0 bridgehead atoms. The number of pyridine rings is 1. The third kappa shape index (κ3) is 4.07. The maximum Gasteiger partial charge on any atom is 0.389 e. The van der Waals surface area contributed by atoms with Crippen molar-refractivity contribution in [2.45, 2.75) is 25.1 Å². The number of alkyl halides is 3. The van der Waals surface area contributed by atoms with Crippen LogP contribution in [0.5, 0.6) is 0 Å². The summed E-state index contributed by atoms with van der Waals surface area (Å²) in [6, 6.07) is 2.78. The van der Waals surface area contributed by atoms with Gasteiger partial charge < -0.3 is 0 Å². The molecule has 0 spiro atoms. The van der Waals surface area contributed by atoms with Gasteiger partial charge >= 0.3 is 6.18 Å². The number of halogens is 4. The van der Waals surface area contributed by atoms with Crippen LogP contribution in [0.25, 0.3) is 0 Å². The van der Waals surface area contributed by atoms with Crippen molar-refractivity contribution in [2.75, 3.05) is 0 Å². The second-order valence-electron chi connectivity index (χ2n) is 3.24. The predicted molar refractivity (Wildman–Crippen MR) is 57.3 cm³/mol. The molecule has 0 radical (unpaired) electrons. The van der Waals surface area contributed by atoms with Gasteiger partial charge in [-0.15, -0.1) is 0 Å². The van der Waals surface area contributed by atoms with Gasteiger partial charge in [0.25, 0.3) is 0 Å². The quantitative estimate of drug-likeness (QED) is 0.664. The first-order valence-corrected chi connectivity index (χ1v) is 5.36. The Balaban J connectivity index is 2.72. The van der Waals surface area contributed by atoms with Crippen molar-refractivity contribution in [3.63, 3.8) is 0 Å². The molecule has 0 saturated heterocycles. The summed E-state index contributed by atoms with van der Waals surface area (Å²) < 4.78 is 36.8. The summed E-state index contributed by atoms with van der Waals surface area (Å²) >= 11 is 3.22. The summed E-state index contributed by atoms with van der Waals surface area (Å²) in [6.07, 6.45) is -3.71. The van der Waals surface area contributed by atoms with Gasteiger partial charge in [0.05, 0.1) is 11.7 Å². The topological polar surface area (TPSA) is 50.9 Å². The Bertz CT molecular complexity index is 343. The lowest BCUT2D eigenvalue weighted by Gasteiger charge is -2.17. The van der Waals surface area contributed by atoms with Gasteiger partial charge in [-0.1, -0.05) is 0 Å². The highest BCUT2D eigenvalue weighted by molar-refractivity contribution is 9.10. The standard InChI is InChI=1S/C9H11BrF3N3/c10-6-2-1-5-15-8(6)7(16-14)3-4-9(11,12)13/h1-2,5,7,16H,3-4,14H2. The molecular formula is C9H11BrF3N3. The maximum absolute atomic E-state index is 12.1. The van der Waals surface area contributed by atoms with E-state index in [9.17, 15) is 13.2 Å². The SMILES string of the molecule is NNC(CCC(F)(F)F)c1ncccc1Br. The van der Waals surface area contributed by atoms with Gasteiger partial charge in [-0.25, -0.2) is 0 Å². The van der Waals surface area contributed by atoms with Gasteiger partial charge in [0.15, 0.2) is 0 Å². The van der Waals surface area contributed by atoms with Crippen LogP contribution in [-0.4, -0.2) is 11.2 Å². The number of hydrazine groups is 1. The number of hydrogen-bond donors (Lipinski definition) is 2. The number of nitrogens with one attached hydrogen (secondary N) is 1. The Labute approximate surface area is 99.3 Å². The van der Waals surface area contributed by atoms with Crippen LogP contribution >= 0.6 is 15.9 Å². The summed E-state index contributed by atoms with van der Waals surface area (Å²) in [7, 11) is 0. The molecular weight excluding hydrogens is 287 g/mol. The fourth-order valence-corrected chi connectivity index (χ4v) is 1.79. The third-order valence-corrected chi connectivity index (χ3v) is 2.71. The molecule has 0 aliphatic carbocycles. The zero-order chi connectivity index (χ0) is 12.2. The lowest BCUT2D eigenvalue weighted by atomic mass is 10.1. The van der Waals surface area contributed by atoms with Crippen molar-refractivity contribution >= 4 is 15.9 Å². The van der Waals surface area contributed by atoms with Crippen LogP contribution < -0.4 is 11.3 Å². The van der Waals surface area contributed by atoms with Gasteiger partial charge in [0, 0.05) is 17.1 Å². The average molecular weight is 298 g/mol. The Morgan fingerprint density at radius 3 is 2.69 bits per heavy atom. The van der Waals surface area contributed by atoms with Crippen LogP contribution in [0.4, 0.5) is 13.2 Å². The van der Waals surface area contributed by atoms with E-state index in [-0.39, 0.29) is 6.42 Å². The Morgan fingerprint density at radius 2 is 2.19 bits per heavy atom. The lowest BCUT2D eigenvalue weighted by Crippen LogP contribution is -2.30. The van der Waals surface area contributed by atoms with Gasteiger partial charge in [0.2, 0.25) is 0 Å². The van der Waals surface area contributed by atoms with Gasteiger partial charge in [-0.2, -0.15) is 13.2 Å². The molecule has 7 heteroatoms. The second-order valence-corrected chi connectivity index (χ2v) is 4.10. The van der Waals surface area contributed by atoms with Crippen molar-refractivity contribution in [1.29, 1.82) is 0 Å². The van der Waals surface area contributed by atoms with E-state index in [4.69, 9.17) is 5.84 Å². The van der Waals surface area contributed by atoms with Gasteiger partial charge in [0.1, 0.15) is 0 Å². The summed E-state index contributed by atoms with van der Waals surface area (Å²) in [6.45, 7) is 0. The molecule has 0 amide bonds. The molecule has 1 rings (SSSR count). The summed E-state index contributed by atoms with van der Waals surface area (Å²) in [5, 5.41) is 0. The van der Waals surface area contributed by atoms with E-state index in [1.54, 1.807) is 12.1 Å². The van der Waals surface area contributed by atoms with E-state index in [1.165, 1.54) is 6.20 Å². The largest absolute Gasteiger partial charge is 0.389 e. The molecule has 1 unspecified atom stereocenters. The molecule has 1 aromatic heterocycles. The number of aromatic nitrogens is 1. The molecule has 0 aromatic carbocycles. The first-order chi connectivity index (χ1) is 7.44. The fraction of sp³-hybridized carbons (Fsp3) is 0.444. The zero-order valence-corrected chi connectivity index (χ0v) is 9.85. The molecule has 0 fully saturated rings. The van der Waals surface area contributed by atoms with E-state index in [0.29, 0.717) is 10.2 Å². The highest BCUT2D eigenvalue weighted by atomic mass is 79.9. The zero-order valence-electron chi connectivity index (χ0n) is 8.26. The molecule has 0 aliphatic rings. The minimum Gasteiger partial charge on any atom is -0.271 e. The second kappa shape index (κ2) is 5.60. The number of nitrogens with zero attached hydrogens (tertiary/aromatic N) is 1. The molecule has 0 aliphatic heterocycles. The van der Waals surface area contributed by atoms with Crippen LogP contribution in [0, 0.1) is 0 Å². The predicted octanol–water partition coefficient (Wildman–Crippen LogP) is 2.69. The Hall–Kier alpha value is -0.660. The summed E-state index contributed by atoms with van der Waals surface area (Å²) in [4.78, 5) is 3.99. The van der Waals surface area contributed by atoms with Crippen molar-refractivity contribution < 1.29 is 13.2 Å². The molecule has 90 valence electrons. The minimum absolute atomic E-state index is 0.143. The molecule has 3 N–H and O–H groups in total. The number of hydrogen-bond acceptors (Lipinski definition) is 3. The lowest BCUT2D eigenvalue weighted by molar-refractivity contribution is -0.136. The Morgan fingerprint density at radius 1 is 1.50 bits per heavy atom. The van der Waals surface area contributed by atoms with Crippen LogP contribution in [0.15, 0.2) is 22.8 Å². The highest BCUT2D eigenvalue weighted by Crippen LogP contribution is 2.29. The molecule has 16 heavy (non-hydrogen) atoms. The van der Waals surface area contributed by atoms with Crippen LogP contribution in [0.3, 0.4) is 0 Å². The minimum atomic E-state index is -4.18. The van der Waals surface area contributed by atoms with Crippen LogP contribution in [0.1, 0.15) is 24.6 Å². The first kappa shape index (κ1) is 13.4. The van der Waals surface area contributed by atoms with Crippen molar-refractivity contribution in [1.82, 2.24) is 10.4 Å². The van der Waals surface area contributed by atoms with Crippen molar-refractivity contribution in [3.8, 4) is 0 Å². The summed E-state index contributed by atoms with van der Waals surface area (Å²) in [5.41, 5.74) is 2.82.